The zero-order valence-corrected chi connectivity index (χ0v) is 36.7. The lowest BCUT2D eigenvalue weighted by molar-refractivity contribution is -0.142. The highest BCUT2D eigenvalue weighted by Gasteiger charge is 2.35. The molecule has 0 aromatic carbocycles. The molecule has 2 aromatic heterocycles. The van der Waals surface area contributed by atoms with Gasteiger partial charge in [-0.15, -0.1) is 0 Å². The summed E-state index contributed by atoms with van der Waals surface area (Å²) < 4.78 is 5.76. The van der Waals surface area contributed by atoms with Crippen molar-refractivity contribution in [2.75, 3.05) is 6.61 Å². The first-order valence-electron chi connectivity index (χ1n) is 21.4. The molecule has 3 aliphatic heterocycles. The van der Waals surface area contributed by atoms with Crippen LogP contribution >= 0.6 is 0 Å². The number of aldehydes is 1. The molecule has 0 amide bonds. The van der Waals surface area contributed by atoms with Gasteiger partial charge in [-0.2, -0.15) is 0 Å². The Balaban J connectivity index is 1.38. The minimum atomic E-state index is -0.810. The molecule has 8 bridgehead atoms. The van der Waals surface area contributed by atoms with Crippen molar-refractivity contribution in [2.24, 2.45) is 0 Å². The van der Waals surface area contributed by atoms with Crippen LogP contribution in [0, 0.1) is 6.92 Å². The highest BCUT2D eigenvalue weighted by Crippen LogP contribution is 2.47. The molecule has 0 saturated heterocycles. The van der Waals surface area contributed by atoms with Crippen LogP contribution in [-0.2, 0) is 20.7 Å². The Bertz CT molecular complexity index is 2420. The van der Waals surface area contributed by atoms with E-state index in [1.54, 1.807) is 6.92 Å². The summed E-state index contributed by atoms with van der Waals surface area (Å²) in [6, 6.07) is 3.79. The molecule has 5 heterocycles. The van der Waals surface area contributed by atoms with E-state index in [1.807, 2.05) is 45.1 Å². The number of aromatic amines is 2. The van der Waals surface area contributed by atoms with Gasteiger partial charge in [-0.05, 0) is 140 Å². The molecular formula is C50H62N4O5. The Hall–Kier alpha value is -5.28. The quantitative estimate of drug-likeness (QED) is 0.0798. The fraction of sp³-hybridized carbons (Fsp3) is 0.440. The van der Waals surface area contributed by atoms with E-state index in [-0.39, 0.29) is 36.6 Å². The van der Waals surface area contributed by atoms with Gasteiger partial charge in [0.2, 0.25) is 0 Å². The molecule has 2 aromatic rings. The second kappa shape index (κ2) is 18.3. The molecule has 9 nitrogen and oxygen atoms in total. The SMILES string of the molecule is CCC1=C(C=O)c2cc3nc(c(C)c4[nH]c(c5c6[nH]c(cc1n2)c(CC)c6C(O)=C5)[C@@H](CCC(=O)OC/C=C(\C)CC/C=C(\C)CCC=C(C)C)[C@@H]4C)C(C)=C3[C@@H](C)O. The number of rotatable bonds is 15. The highest BCUT2D eigenvalue weighted by molar-refractivity contribution is 6.18. The minimum absolute atomic E-state index is 0.0425. The van der Waals surface area contributed by atoms with Crippen molar-refractivity contribution in [1.82, 2.24) is 19.9 Å². The number of aryl methyl sites for hydroxylation is 1. The van der Waals surface area contributed by atoms with Crippen molar-refractivity contribution in [1.29, 1.82) is 0 Å². The van der Waals surface area contributed by atoms with E-state index in [1.165, 1.54) is 16.7 Å². The number of fused-ring (bicyclic) bond motifs is 8. The van der Waals surface area contributed by atoms with Crippen LogP contribution in [0.15, 0.2) is 47.1 Å². The van der Waals surface area contributed by atoms with Crippen molar-refractivity contribution in [3.8, 4) is 0 Å². The molecule has 59 heavy (non-hydrogen) atoms. The predicted octanol–water partition coefficient (Wildman–Crippen LogP) is 11.7. The van der Waals surface area contributed by atoms with E-state index in [0.717, 1.165) is 93.5 Å². The van der Waals surface area contributed by atoms with Crippen molar-refractivity contribution < 1.29 is 24.5 Å². The molecule has 0 saturated carbocycles. The monoisotopic (exact) mass is 798 g/mol. The van der Waals surface area contributed by atoms with E-state index in [0.29, 0.717) is 47.5 Å². The number of allylic oxidation sites excluding steroid dienone is 8. The molecule has 9 heteroatoms. The van der Waals surface area contributed by atoms with Crippen LogP contribution in [-0.4, -0.2) is 55.1 Å². The number of nitrogens with one attached hydrogen (secondary N) is 2. The summed E-state index contributed by atoms with van der Waals surface area (Å²) in [5, 5.41) is 22.6. The molecule has 4 N–H and O–H groups in total. The van der Waals surface area contributed by atoms with Crippen LogP contribution in [0.3, 0.4) is 0 Å². The first kappa shape index (κ1) is 43.3. The molecule has 0 radical (unpaired) electrons. The lowest BCUT2D eigenvalue weighted by atomic mass is 9.84. The molecule has 3 atom stereocenters. The summed E-state index contributed by atoms with van der Waals surface area (Å²) >= 11 is 0. The molecule has 4 aliphatic rings. The number of aliphatic hydroxyl groups excluding tert-OH is 2. The molecule has 6 rings (SSSR count). The van der Waals surface area contributed by atoms with Gasteiger partial charge in [0.05, 0.1) is 34.4 Å². The van der Waals surface area contributed by atoms with E-state index in [4.69, 9.17) is 14.7 Å². The van der Waals surface area contributed by atoms with Crippen LogP contribution < -0.4 is 0 Å². The van der Waals surface area contributed by atoms with Crippen molar-refractivity contribution in [2.45, 2.75) is 139 Å². The van der Waals surface area contributed by atoms with Crippen LogP contribution in [0.2, 0.25) is 0 Å². The van der Waals surface area contributed by atoms with E-state index >= 15 is 0 Å². The molecular weight excluding hydrogens is 737 g/mol. The van der Waals surface area contributed by atoms with Crippen molar-refractivity contribution in [3.63, 3.8) is 0 Å². The van der Waals surface area contributed by atoms with Crippen molar-refractivity contribution >= 4 is 57.4 Å². The Morgan fingerprint density at radius 3 is 2.29 bits per heavy atom. The number of esters is 1. The Morgan fingerprint density at radius 1 is 0.915 bits per heavy atom. The van der Waals surface area contributed by atoms with Gasteiger partial charge in [0.15, 0.2) is 6.29 Å². The standard InChI is InChI=1S/C50H62N4O5/c1-11-34-38(26-55)41-25-42-45(33(10)56)31(8)48(53-42)32(9)47-30(7)36(19-20-44(58)59-22-21-29(6)18-14-17-28(5)16-13-15-27(3)4)49(54-47)37-23-43(57)46-35(12-2)40(52-50(37)46)24-39(34)51-41/h15,17,21,23-26,30,33,36,52,54,56-57H,11-14,16,18-20,22H2,1-10H3/b28-17+,29-21+,39-24?,42-25?,47-32?,49-37?/t30-,33+,36-/m0/s1. The van der Waals surface area contributed by atoms with E-state index < -0.39 is 6.10 Å². The second-order valence-electron chi connectivity index (χ2n) is 16.8. The van der Waals surface area contributed by atoms with Gasteiger partial charge in [0.1, 0.15) is 12.4 Å². The first-order chi connectivity index (χ1) is 28.2. The van der Waals surface area contributed by atoms with Gasteiger partial charge in [-0.25, -0.2) is 9.97 Å². The third-order valence-electron chi connectivity index (χ3n) is 12.4. The summed E-state index contributed by atoms with van der Waals surface area (Å²) in [5.74, 6) is -0.208. The zero-order chi connectivity index (χ0) is 42.7. The van der Waals surface area contributed by atoms with Gasteiger partial charge < -0.3 is 24.9 Å². The number of carbonyl (C=O) groups excluding carboxylic acids is 2. The maximum absolute atomic E-state index is 13.3. The summed E-state index contributed by atoms with van der Waals surface area (Å²) in [6.45, 7) is 20.8. The Labute approximate surface area is 349 Å². The summed E-state index contributed by atoms with van der Waals surface area (Å²) in [6.07, 6.45) is 14.5. The number of nitrogens with zero attached hydrogens (tertiary/aromatic N) is 2. The Kier molecular flexibility index (Phi) is 13.5. The highest BCUT2D eigenvalue weighted by atomic mass is 16.5. The van der Waals surface area contributed by atoms with E-state index in [9.17, 15) is 19.8 Å². The largest absolute Gasteiger partial charge is 0.507 e. The number of aliphatic hydroxyl groups is 2. The topological polar surface area (TPSA) is 141 Å². The molecule has 312 valence electrons. The van der Waals surface area contributed by atoms with Gasteiger partial charge in [0.25, 0.3) is 0 Å². The summed E-state index contributed by atoms with van der Waals surface area (Å²) in [5.41, 5.74) is 16.3. The average molecular weight is 799 g/mol. The lowest BCUT2D eigenvalue weighted by Crippen LogP contribution is -2.10. The number of carbonyl (C=O) groups is 2. The molecule has 1 aliphatic carbocycles. The predicted molar refractivity (Wildman–Crippen MR) is 241 cm³/mol. The molecule has 0 unspecified atom stereocenters. The maximum Gasteiger partial charge on any atom is 0.306 e. The first-order valence-corrected chi connectivity index (χ1v) is 21.4. The number of H-pyrrole nitrogens is 2. The number of aromatic nitrogens is 4. The van der Waals surface area contributed by atoms with Crippen LogP contribution in [0.25, 0.3) is 45.2 Å². The molecule has 0 fully saturated rings. The normalized spacial score (nSPS) is 17.6. The van der Waals surface area contributed by atoms with Gasteiger partial charge in [-0.3, -0.25) is 9.59 Å². The average Bonchev–Trinajstić information content (AvgIpc) is 3.97. The summed E-state index contributed by atoms with van der Waals surface area (Å²) in [4.78, 5) is 43.4. The number of ether oxygens (including phenoxy) is 1. The third kappa shape index (κ3) is 8.86. The van der Waals surface area contributed by atoms with Crippen LogP contribution in [0.4, 0.5) is 0 Å². The Morgan fingerprint density at radius 2 is 1.63 bits per heavy atom. The maximum atomic E-state index is 13.3. The number of hydrogen-bond donors (Lipinski definition) is 4. The van der Waals surface area contributed by atoms with Gasteiger partial charge in [0, 0.05) is 57.4 Å². The second-order valence-corrected chi connectivity index (χ2v) is 16.8. The van der Waals surface area contributed by atoms with Crippen LogP contribution in [0.1, 0.15) is 176 Å². The minimum Gasteiger partial charge on any atom is -0.507 e. The van der Waals surface area contributed by atoms with Crippen LogP contribution in [0.5, 0.6) is 0 Å². The van der Waals surface area contributed by atoms with Gasteiger partial charge >= 0.3 is 5.97 Å². The van der Waals surface area contributed by atoms with Crippen molar-refractivity contribution in [3.05, 3.63) is 103 Å². The summed E-state index contributed by atoms with van der Waals surface area (Å²) in [7, 11) is 0. The fourth-order valence-corrected chi connectivity index (χ4v) is 9.15. The van der Waals surface area contributed by atoms with E-state index in [2.05, 4.69) is 63.7 Å². The molecule has 0 spiro atoms. The fourth-order valence-electron chi connectivity index (χ4n) is 9.15. The van der Waals surface area contributed by atoms with Gasteiger partial charge in [-0.1, -0.05) is 49.6 Å². The zero-order valence-electron chi connectivity index (χ0n) is 36.7. The smallest absolute Gasteiger partial charge is 0.306 e. The third-order valence-corrected chi connectivity index (χ3v) is 12.4. The number of hydrogen-bond acceptors (Lipinski definition) is 7. The lowest BCUT2D eigenvalue weighted by Gasteiger charge is -2.18.